The molecule has 1 atom stereocenters. The SMILES string of the molecule is COc1cccc([C@@H]2N=C(N3CCOCC3)Nc3nc(C)cc(=O)n32)c1. The van der Waals surface area contributed by atoms with E-state index >= 15 is 0 Å². The molecule has 3 heterocycles. The van der Waals surface area contributed by atoms with Gasteiger partial charge in [0.05, 0.1) is 20.3 Å². The fraction of sp³-hybridized carbons (Fsp3) is 0.389. The zero-order valence-corrected chi connectivity index (χ0v) is 14.8. The Bertz CT molecular complexity index is 902. The van der Waals surface area contributed by atoms with Gasteiger partial charge in [0.1, 0.15) is 5.75 Å². The number of aromatic nitrogens is 2. The summed E-state index contributed by atoms with van der Waals surface area (Å²) < 4.78 is 12.3. The molecule has 1 saturated heterocycles. The van der Waals surface area contributed by atoms with Crippen molar-refractivity contribution in [1.29, 1.82) is 0 Å². The van der Waals surface area contributed by atoms with E-state index in [1.54, 1.807) is 11.7 Å². The Morgan fingerprint density at radius 3 is 2.85 bits per heavy atom. The first-order chi connectivity index (χ1) is 12.7. The predicted molar refractivity (Wildman–Crippen MR) is 97.8 cm³/mol. The van der Waals surface area contributed by atoms with Crippen molar-refractivity contribution in [2.45, 2.75) is 13.1 Å². The van der Waals surface area contributed by atoms with E-state index in [1.165, 1.54) is 6.07 Å². The van der Waals surface area contributed by atoms with E-state index < -0.39 is 6.17 Å². The third-order valence-corrected chi connectivity index (χ3v) is 4.50. The van der Waals surface area contributed by atoms with Crippen molar-refractivity contribution in [2.24, 2.45) is 4.99 Å². The lowest BCUT2D eigenvalue weighted by molar-refractivity contribution is 0.0675. The van der Waals surface area contributed by atoms with Crippen LogP contribution in [0.1, 0.15) is 17.4 Å². The minimum absolute atomic E-state index is 0.141. The summed E-state index contributed by atoms with van der Waals surface area (Å²) in [6.07, 6.45) is -0.500. The molecule has 2 aliphatic rings. The number of rotatable bonds is 2. The maximum Gasteiger partial charge on any atom is 0.257 e. The van der Waals surface area contributed by atoms with Gasteiger partial charge in [-0.1, -0.05) is 12.1 Å². The Morgan fingerprint density at radius 1 is 1.27 bits per heavy atom. The zero-order valence-electron chi connectivity index (χ0n) is 14.8. The first-order valence-electron chi connectivity index (χ1n) is 8.57. The number of nitrogens with zero attached hydrogens (tertiary/aromatic N) is 4. The number of nitrogens with one attached hydrogen (secondary N) is 1. The fourth-order valence-electron chi connectivity index (χ4n) is 3.20. The molecule has 1 aromatic carbocycles. The Labute approximate surface area is 151 Å². The molecule has 26 heavy (non-hydrogen) atoms. The average Bonchev–Trinajstić information content (AvgIpc) is 2.67. The number of guanidine groups is 1. The lowest BCUT2D eigenvalue weighted by atomic mass is 10.1. The number of aryl methyl sites for hydroxylation is 1. The summed E-state index contributed by atoms with van der Waals surface area (Å²) in [7, 11) is 1.62. The Kier molecular flexibility index (Phi) is 4.34. The zero-order chi connectivity index (χ0) is 18.1. The summed E-state index contributed by atoms with van der Waals surface area (Å²) in [6.45, 7) is 4.60. The molecule has 0 bridgehead atoms. The summed E-state index contributed by atoms with van der Waals surface area (Å²) in [5.74, 6) is 1.93. The number of aliphatic imine (C=N–C) groups is 1. The molecule has 8 heteroatoms. The van der Waals surface area contributed by atoms with E-state index in [9.17, 15) is 4.79 Å². The minimum atomic E-state index is -0.500. The number of ether oxygens (including phenoxy) is 2. The van der Waals surface area contributed by atoms with Crippen molar-refractivity contribution in [2.75, 3.05) is 38.7 Å². The van der Waals surface area contributed by atoms with Crippen molar-refractivity contribution in [3.05, 3.63) is 51.9 Å². The van der Waals surface area contributed by atoms with Gasteiger partial charge in [0.2, 0.25) is 11.9 Å². The summed E-state index contributed by atoms with van der Waals surface area (Å²) in [4.78, 5) is 24.1. The van der Waals surface area contributed by atoms with E-state index in [1.807, 2.05) is 31.2 Å². The highest BCUT2D eigenvalue weighted by atomic mass is 16.5. The highest BCUT2D eigenvalue weighted by Gasteiger charge is 2.28. The Hall–Kier alpha value is -2.87. The standard InChI is InChI=1S/C18H21N5O3/c1-12-10-15(24)23-16(13-4-3-5-14(11-13)25-2)20-17(21-18(23)19-12)22-6-8-26-9-7-22/h3-5,10-11,16H,6-9H2,1-2H3,(H,19,20,21)/t16-/m1/s1. The van der Waals surface area contributed by atoms with Crippen LogP contribution in [0.4, 0.5) is 5.95 Å². The second-order valence-corrected chi connectivity index (χ2v) is 6.26. The number of hydrogen-bond donors (Lipinski definition) is 1. The van der Waals surface area contributed by atoms with Crippen molar-refractivity contribution in [1.82, 2.24) is 14.5 Å². The maximum atomic E-state index is 12.7. The van der Waals surface area contributed by atoms with Gasteiger partial charge >= 0.3 is 0 Å². The predicted octanol–water partition coefficient (Wildman–Crippen LogP) is 1.22. The van der Waals surface area contributed by atoms with Gasteiger partial charge in [-0.05, 0) is 19.1 Å². The largest absolute Gasteiger partial charge is 0.497 e. The van der Waals surface area contributed by atoms with Gasteiger partial charge in [0.25, 0.3) is 5.56 Å². The van der Waals surface area contributed by atoms with Crippen LogP contribution in [0.3, 0.4) is 0 Å². The van der Waals surface area contributed by atoms with Crippen LogP contribution in [-0.2, 0) is 4.74 Å². The van der Waals surface area contributed by atoms with Crippen LogP contribution in [0.15, 0.2) is 40.1 Å². The molecule has 0 aliphatic carbocycles. The number of hydrogen-bond acceptors (Lipinski definition) is 7. The first-order valence-corrected chi connectivity index (χ1v) is 8.57. The molecule has 0 radical (unpaired) electrons. The first kappa shape index (κ1) is 16.6. The maximum absolute atomic E-state index is 12.7. The average molecular weight is 355 g/mol. The molecule has 8 nitrogen and oxygen atoms in total. The van der Waals surface area contributed by atoms with Crippen molar-refractivity contribution in [3.63, 3.8) is 0 Å². The van der Waals surface area contributed by atoms with Crippen LogP contribution >= 0.6 is 0 Å². The molecule has 136 valence electrons. The number of anilines is 1. The monoisotopic (exact) mass is 355 g/mol. The van der Waals surface area contributed by atoms with Crippen molar-refractivity contribution in [3.8, 4) is 5.75 Å². The Morgan fingerprint density at radius 2 is 2.08 bits per heavy atom. The summed E-state index contributed by atoms with van der Waals surface area (Å²) >= 11 is 0. The van der Waals surface area contributed by atoms with E-state index in [2.05, 4.69) is 15.2 Å². The molecule has 0 unspecified atom stereocenters. The number of benzene rings is 1. The molecule has 1 fully saturated rings. The Balaban J connectivity index is 1.83. The molecule has 0 amide bonds. The minimum Gasteiger partial charge on any atom is -0.497 e. The summed E-state index contributed by atoms with van der Waals surface area (Å²) in [5, 5.41) is 3.22. The third kappa shape index (κ3) is 3.03. The third-order valence-electron chi connectivity index (χ3n) is 4.50. The van der Waals surface area contributed by atoms with Gasteiger partial charge in [-0.15, -0.1) is 0 Å². The molecule has 0 saturated carbocycles. The van der Waals surface area contributed by atoms with Gasteiger partial charge < -0.3 is 14.4 Å². The molecule has 0 spiro atoms. The van der Waals surface area contributed by atoms with Crippen LogP contribution in [0.5, 0.6) is 5.75 Å². The molecule has 1 aromatic heterocycles. The van der Waals surface area contributed by atoms with Gasteiger partial charge in [-0.25, -0.2) is 9.98 Å². The summed E-state index contributed by atoms with van der Waals surface area (Å²) in [6, 6.07) is 9.12. The molecule has 2 aliphatic heterocycles. The van der Waals surface area contributed by atoms with Gasteiger partial charge in [0.15, 0.2) is 6.17 Å². The van der Waals surface area contributed by atoms with E-state index in [4.69, 9.17) is 14.5 Å². The van der Waals surface area contributed by atoms with Crippen molar-refractivity contribution < 1.29 is 9.47 Å². The highest BCUT2D eigenvalue weighted by molar-refractivity contribution is 5.93. The quantitative estimate of drug-likeness (QED) is 0.872. The smallest absolute Gasteiger partial charge is 0.257 e. The van der Waals surface area contributed by atoms with Crippen LogP contribution < -0.4 is 15.6 Å². The second-order valence-electron chi connectivity index (χ2n) is 6.26. The number of morpholine rings is 1. The topological polar surface area (TPSA) is 81.0 Å². The van der Waals surface area contributed by atoms with Crippen LogP contribution in [0.2, 0.25) is 0 Å². The van der Waals surface area contributed by atoms with Crippen LogP contribution in [0, 0.1) is 6.92 Å². The lowest BCUT2D eigenvalue weighted by Crippen LogP contribution is -2.47. The van der Waals surface area contributed by atoms with Gasteiger partial charge in [-0.3, -0.25) is 14.7 Å². The van der Waals surface area contributed by atoms with E-state index in [0.29, 0.717) is 30.8 Å². The lowest BCUT2D eigenvalue weighted by Gasteiger charge is -2.34. The summed E-state index contributed by atoms with van der Waals surface area (Å²) in [5.41, 5.74) is 1.39. The van der Waals surface area contributed by atoms with Crippen molar-refractivity contribution >= 4 is 11.9 Å². The van der Waals surface area contributed by atoms with Gasteiger partial charge in [-0.2, -0.15) is 0 Å². The number of methoxy groups -OCH3 is 1. The normalized spacial score (nSPS) is 19.4. The molecule has 4 rings (SSSR count). The molecule has 2 aromatic rings. The fourth-order valence-corrected chi connectivity index (χ4v) is 3.20. The molecule has 1 N–H and O–H groups in total. The van der Waals surface area contributed by atoms with E-state index in [0.717, 1.165) is 24.4 Å². The highest BCUT2D eigenvalue weighted by Crippen LogP contribution is 2.28. The van der Waals surface area contributed by atoms with E-state index in [-0.39, 0.29) is 5.56 Å². The molecular weight excluding hydrogens is 334 g/mol. The van der Waals surface area contributed by atoms with Gasteiger partial charge in [0, 0.05) is 30.4 Å². The second kappa shape index (κ2) is 6.80. The van der Waals surface area contributed by atoms with Crippen LogP contribution in [-0.4, -0.2) is 53.8 Å². The molecular formula is C18H21N5O3. The number of fused-ring (bicyclic) bond motifs is 1. The van der Waals surface area contributed by atoms with Crippen LogP contribution in [0.25, 0.3) is 0 Å².